The molecule has 0 aliphatic heterocycles. The van der Waals surface area contributed by atoms with E-state index in [4.69, 9.17) is 21.8 Å². The molecule has 1 aromatic heterocycles. The first-order valence-electron chi connectivity index (χ1n) is 6.94. The maximum Gasteiger partial charge on any atom is 0.248 e. The summed E-state index contributed by atoms with van der Waals surface area (Å²) in [5, 5.41) is 12.5. The fourth-order valence-electron chi connectivity index (χ4n) is 2.10. The molecule has 2 aromatic rings. The Morgan fingerprint density at radius 2 is 2.30 bits per heavy atom. The number of anilines is 2. The number of nitriles is 1. The predicted molar refractivity (Wildman–Crippen MR) is 90.5 cm³/mol. The molecule has 2 N–H and O–H groups in total. The maximum absolute atomic E-state index is 11.8. The van der Waals surface area contributed by atoms with Gasteiger partial charge in [0, 0.05) is 29.4 Å². The molecule has 0 radical (unpaired) electrons. The lowest BCUT2D eigenvalue weighted by Gasteiger charge is -2.14. The van der Waals surface area contributed by atoms with E-state index in [-0.39, 0.29) is 5.91 Å². The van der Waals surface area contributed by atoms with Crippen molar-refractivity contribution in [3.8, 4) is 11.8 Å². The minimum Gasteiger partial charge on any atom is -0.492 e. The summed E-state index contributed by atoms with van der Waals surface area (Å²) in [7, 11) is 0. The normalized spacial score (nSPS) is 10.5. The smallest absolute Gasteiger partial charge is 0.248 e. The number of hydrogen-bond acceptors (Lipinski definition) is 5. The third kappa shape index (κ3) is 3.52. The Morgan fingerprint density at radius 1 is 1.52 bits per heavy atom. The molecular formula is C16H15ClN4O2. The molecule has 0 aliphatic carbocycles. The lowest BCUT2D eigenvalue weighted by molar-refractivity contribution is -0.111. The number of allylic oxidation sites excluding steroid dienone is 1. The van der Waals surface area contributed by atoms with Crippen molar-refractivity contribution in [1.82, 2.24) is 4.98 Å². The Hall–Kier alpha value is -2.78. The third-order valence-corrected chi connectivity index (χ3v) is 3.25. The summed E-state index contributed by atoms with van der Waals surface area (Å²) in [6.07, 6.45) is 4.48. The van der Waals surface area contributed by atoms with Crippen LogP contribution in [0.15, 0.2) is 30.5 Å². The van der Waals surface area contributed by atoms with Gasteiger partial charge in [-0.3, -0.25) is 14.6 Å². The van der Waals surface area contributed by atoms with Crippen molar-refractivity contribution in [2.45, 2.75) is 13.8 Å². The van der Waals surface area contributed by atoms with Crippen LogP contribution in [0.25, 0.3) is 10.9 Å². The number of hydrogen-bond donors (Lipinski definition) is 2. The van der Waals surface area contributed by atoms with Crippen molar-refractivity contribution in [3.63, 3.8) is 0 Å². The van der Waals surface area contributed by atoms with Crippen LogP contribution in [-0.2, 0) is 4.79 Å². The molecule has 0 aliphatic rings. The number of carbonyl (C=O) groups excluding carboxylic acids is 1. The van der Waals surface area contributed by atoms with Gasteiger partial charge >= 0.3 is 0 Å². The van der Waals surface area contributed by atoms with Crippen molar-refractivity contribution < 1.29 is 9.53 Å². The van der Waals surface area contributed by atoms with Gasteiger partial charge in [0.1, 0.15) is 11.8 Å². The third-order valence-electron chi connectivity index (χ3n) is 3.06. The number of amides is 1. The van der Waals surface area contributed by atoms with Gasteiger partial charge in [0.15, 0.2) is 0 Å². The lowest BCUT2D eigenvalue weighted by atomic mass is 10.1. The molecule has 0 saturated heterocycles. The quantitative estimate of drug-likeness (QED) is 0.646. The molecule has 0 atom stereocenters. The van der Waals surface area contributed by atoms with Crippen molar-refractivity contribution in [2.24, 2.45) is 0 Å². The van der Waals surface area contributed by atoms with Crippen LogP contribution in [0.1, 0.15) is 19.4 Å². The van der Waals surface area contributed by atoms with Gasteiger partial charge < -0.3 is 10.1 Å². The van der Waals surface area contributed by atoms with E-state index in [1.165, 1.54) is 12.3 Å². The Kier molecular flexibility index (Phi) is 5.39. The Morgan fingerprint density at radius 3 is 2.91 bits per heavy atom. The van der Waals surface area contributed by atoms with E-state index in [1.54, 1.807) is 25.1 Å². The van der Waals surface area contributed by atoms with E-state index >= 15 is 0 Å². The molecule has 0 unspecified atom stereocenters. The number of rotatable bonds is 5. The predicted octanol–water partition coefficient (Wildman–Crippen LogP) is 3.59. The highest BCUT2D eigenvalue weighted by atomic mass is 35.5. The van der Waals surface area contributed by atoms with Crippen LogP contribution in [0.5, 0.6) is 5.75 Å². The van der Waals surface area contributed by atoms with Crippen LogP contribution in [0.3, 0.4) is 0 Å². The average Bonchev–Trinajstić information content (AvgIpc) is 2.54. The van der Waals surface area contributed by atoms with Crippen LogP contribution in [-0.4, -0.2) is 17.5 Å². The van der Waals surface area contributed by atoms with Gasteiger partial charge in [0.25, 0.3) is 0 Å². The van der Waals surface area contributed by atoms with E-state index in [2.05, 4.69) is 15.1 Å². The number of nitrogens with zero attached hydrogens (tertiary/aromatic N) is 2. The molecule has 1 aromatic carbocycles. The van der Waals surface area contributed by atoms with Gasteiger partial charge in [0.2, 0.25) is 5.91 Å². The standard InChI is InChI=1S/C16H15ClN4O2/c1-3-5-15(22)20-13-6-11-12(7-14(13)23-4-2)19-9-10(8-18)16(11)21-17/h3,5-7,9H,4H2,1-2H3,(H,19,21)(H,20,22)/b5-3+. The van der Waals surface area contributed by atoms with Gasteiger partial charge in [-0.2, -0.15) is 5.26 Å². The van der Waals surface area contributed by atoms with Gasteiger partial charge in [-0.05, 0) is 26.0 Å². The highest BCUT2D eigenvalue weighted by Crippen LogP contribution is 2.35. The van der Waals surface area contributed by atoms with Gasteiger partial charge in [-0.1, -0.05) is 6.08 Å². The maximum atomic E-state index is 11.8. The van der Waals surface area contributed by atoms with Gasteiger partial charge in [-0.25, -0.2) is 0 Å². The summed E-state index contributed by atoms with van der Waals surface area (Å²) in [4.78, 5) is 18.5. The average molecular weight is 331 g/mol. The van der Waals surface area contributed by atoms with Crippen LogP contribution >= 0.6 is 11.8 Å². The first-order chi connectivity index (χ1) is 11.1. The molecule has 118 valence electrons. The molecule has 2 rings (SSSR count). The minimum absolute atomic E-state index is 0.280. The number of benzene rings is 1. The number of halogens is 1. The highest BCUT2D eigenvalue weighted by molar-refractivity contribution is 6.26. The second kappa shape index (κ2) is 7.47. The van der Waals surface area contributed by atoms with Crippen molar-refractivity contribution in [2.75, 3.05) is 16.8 Å². The van der Waals surface area contributed by atoms with Gasteiger partial charge in [-0.15, -0.1) is 0 Å². The first kappa shape index (κ1) is 16.6. The van der Waals surface area contributed by atoms with Crippen molar-refractivity contribution in [1.29, 1.82) is 5.26 Å². The molecule has 1 amide bonds. The van der Waals surface area contributed by atoms with Crippen LogP contribution in [0, 0.1) is 11.3 Å². The largest absolute Gasteiger partial charge is 0.492 e. The molecule has 0 bridgehead atoms. The minimum atomic E-state index is -0.280. The molecule has 0 fully saturated rings. The summed E-state index contributed by atoms with van der Waals surface area (Å²) in [6.45, 7) is 4.04. The fraction of sp³-hybridized carbons (Fsp3) is 0.188. The zero-order valence-electron chi connectivity index (χ0n) is 12.7. The molecule has 0 saturated carbocycles. The zero-order valence-corrected chi connectivity index (χ0v) is 13.4. The van der Waals surface area contributed by atoms with Gasteiger partial charge in [0.05, 0.1) is 29.1 Å². The second-order valence-electron chi connectivity index (χ2n) is 4.54. The summed E-state index contributed by atoms with van der Waals surface area (Å²) in [5.41, 5.74) is 1.82. The fourth-order valence-corrected chi connectivity index (χ4v) is 2.31. The van der Waals surface area contributed by atoms with E-state index < -0.39 is 0 Å². The SMILES string of the molecule is C/C=C/C(=O)Nc1cc2c(NCl)c(C#N)cnc2cc1OCC. The Labute approximate surface area is 138 Å². The highest BCUT2D eigenvalue weighted by Gasteiger charge is 2.14. The zero-order chi connectivity index (χ0) is 16.8. The molecule has 0 spiro atoms. The number of fused-ring (bicyclic) bond motifs is 1. The monoisotopic (exact) mass is 330 g/mol. The Bertz CT molecular complexity index is 812. The summed E-state index contributed by atoms with van der Waals surface area (Å²) in [5.74, 6) is 0.216. The van der Waals surface area contributed by atoms with Crippen LogP contribution in [0.2, 0.25) is 0 Å². The van der Waals surface area contributed by atoms with E-state index in [1.807, 2.05) is 13.0 Å². The molecular weight excluding hydrogens is 316 g/mol. The number of nitrogens with one attached hydrogen (secondary N) is 2. The van der Waals surface area contributed by atoms with Crippen LogP contribution in [0.4, 0.5) is 11.4 Å². The number of carbonyl (C=O) groups is 1. The number of ether oxygens (including phenoxy) is 1. The lowest BCUT2D eigenvalue weighted by Crippen LogP contribution is -2.10. The van der Waals surface area contributed by atoms with Crippen LogP contribution < -0.4 is 14.9 Å². The topological polar surface area (TPSA) is 87.0 Å². The number of pyridine rings is 1. The molecule has 6 nitrogen and oxygen atoms in total. The molecule has 23 heavy (non-hydrogen) atoms. The van der Waals surface area contributed by atoms with E-state index in [0.29, 0.717) is 40.2 Å². The second-order valence-corrected chi connectivity index (χ2v) is 4.73. The Balaban J connectivity index is 2.65. The summed E-state index contributed by atoms with van der Waals surface area (Å²) < 4.78 is 5.56. The molecule has 7 heteroatoms. The summed E-state index contributed by atoms with van der Waals surface area (Å²) >= 11 is 5.74. The number of aromatic nitrogens is 1. The van der Waals surface area contributed by atoms with E-state index in [9.17, 15) is 4.79 Å². The summed E-state index contributed by atoms with van der Waals surface area (Å²) in [6, 6.07) is 5.40. The first-order valence-corrected chi connectivity index (χ1v) is 7.32. The van der Waals surface area contributed by atoms with E-state index in [0.717, 1.165) is 0 Å². The van der Waals surface area contributed by atoms with Crippen molar-refractivity contribution in [3.05, 3.63) is 36.0 Å². The van der Waals surface area contributed by atoms with Crippen molar-refractivity contribution >= 4 is 40.0 Å². The molecule has 1 heterocycles.